The highest BCUT2D eigenvalue weighted by Gasteiger charge is 2.23. The number of ether oxygens (including phenoxy) is 1. The first-order valence-corrected chi connectivity index (χ1v) is 6.60. The first-order chi connectivity index (χ1) is 10.9. The molecule has 3 amide bonds. The molecule has 0 bridgehead atoms. The highest BCUT2D eigenvalue weighted by Crippen LogP contribution is 2.10. The van der Waals surface area contributed by atoms with E-state index in [0.29, 0.717) is 17.0 Å². The summed E-state index contributed by atoms with van der Waals surface area (Å²) < 4.78 is 4.49. The molecular formula is C14H18N4O5. The van der Waals surface area contributed by atoms with Crippen LogP contribution < -0.4 is 16.4 Å². The monoisotopic (exact) mass is 322 g/mol. The maximum Gasteiger partial charge on any atom is 0.328 e. The molecule has 0 spiro atoms. The number of nitrogens with one attached hydrogen (secondary N) is 2. The van der Waals surface area contributed by atoms with Crippen molar-refractivity contribution in [2.45, 2.75) is 19.4 Å². The molecule has 1 rings (SSSR count). The van der Waals surface area contributed by atoms with Gasteiger partial charge in [0.05, 0.1) is 19.2 Å². The lowest BCUT2D eigenvalue weighted by atomic mass is 10.1. The maximum absolute atomic E-state index is 11.9. The van der Waals surface area contributed by atoms with E-state index in [1.165, 1.54) is 0 Å². The average Bonchev–Trinajstić information content (AvgIpc) is 2.52. The molecule has 0 saturated heterocycles. The summed E-state index contributed by atoms with van der Waals surface area (Å²) in [6.07, 6.45) is -0.370. The van der Waals surface area contributed by atoms with E-state index in [-0.39, 0.29) is 6.42 Å². The van der Waals surface area contributed by atoms with Crippen LogP contribution in [0, 0.1) is 0 Å². The second kappa shape index (κ2) is 8.37. The second-order valence-corrected chi connectivity index (χ2v) is 4.61. The Morgan fingerprint density at radius 2 is 1.91 bits per heavy atom. The molecule has 0 fully saturated rings. The summed E-state index contributed by atoms with van der Waals surface area (Å²) in [4.78, 5) is 34.2. The zero-order valence-electron chi connectivity index (χ0n) is 12.7. The number of primary amides is 1. The highest BCUT2D eigenvalue weighted by molar-refractivity contribution is 5.99. The van der Waals surface area contributed by atoms with Gasteiger partial charge in [0.1, 0.15) is 6.04 Å². The van der Waals surface area contributed by atoms with Crippen molar-refractivity contribution in [1.29, 1.82) is 0 Å². The van der Waals surface area contributed by atoms with E-state index >= 15 is 0 Å². The fraction of sp³-hybridized carbons (Fsp3) is 0.286. The van der Waals surface area contributed by atoms with Crippen molar-refractivity contribution in [2.24, 2.45) is 10.9 Å². The van der Waals surface area contributed by atoms with E-state index < -0.39 is 23.9 Å². The number of hydrogen-bond donors (Lipinski definition) is 4. The van der Waals surface area contributed by atoms with Crippen LogP contribution in [0.15, 0.2) is 29.4 Å². The summed E-state index contributed by atoms with van der Waals surface area (Å²) in [6.45, 7) is 1.62. The zero-order valence-corrected chi connectivity index (χ0v) is 12.7. The van der Waals surface area contributed by atoms with Crippen molar-refractivity contribution in [3.63, 3.8) is 0 Å². The van der Waals surface area contributed by atoms with Gasteiger partial charge in [0.2, 0.25) is 5.91 Å². The SMILES string of the molecule is COC(=O)C(CC(N)=O)NC(=O)Nc1ccc(C(C)=NO)cc1. The smallest absolute Gasteiger partial charge is 0.328 e. The third-order valence-corrected chi connectivity index (χ3v) is 2.91. The Morgan fingerprint density at radius 3 is 2.39 bits per heavy atom. The number of methoxy groups -OCH3 is 1. The average molecular weight is 322 g/mol. The molecule has 0 aromatic heterocycles. The molecule has 9 nitrogen and oxygen atoms in total. The van der Waals surface area contributed by atoms with E-state index in [1.807, 2.05) is 0 Å². The first kappa shape index (κ1) is 18.0. The van der Waals surface area contributed by atoms with Crippen LogP contribution >= 0.6 is 0 Å². The normalized spacial score (nSPS) is 12.2. The molecule has 23 heavy (non-hydrogen) atoms. The van der Waals surface area contributed by atoms with Gasteiger partial charge in [-0.15, -0.1) is 0 Å². The summed E-state index contributed by atoms with van der Waals surface area (Å²) in [5.74, 6) is -1.52. The number of carbonyl (C=O) groups is 3. The van der Waals surface area contributed by atoms with Crippen molar-refractivity contribution in [3.05, 3.63) is 29.8 Å². The summed E-state index contributed by atoms with van der Waals surface area (Å²) >= 11 is 0. The molecule has 0 saturated carbocycles. The number of nitrogens with zero attached hydrogens (tertiary/aromatic N) is 1. The van der Waals surface area contributed by atoms with Crippen LogP contribution in [0.2, 0.25) is 0 Å². The summed E-state index contributed by atoms with van der Waals surface area (Å²) in [7, 11) is 1.14. The minimum absolute atomic E-state index is 0.370. The van der Waals surface area contributed by atoms with Gasteiger partial charge in [-0.05, 0) is 24.6 Å². The number of benzene rings is 1. The number of hydrogen-bond acceptors (Lipinski definition) is 6. The zero-order chi connectivity index (χ0) is 17.4. The Balaban J connectivity index is 2.70. The van der Waals surface area contributed by atoms with E-state index in [2.05, 4.69) is 20.5 Å². The van der Waals surface area contributed by atoms with Gasteiger partial charge < -0.3 is 26.3 Å². The third-order valence-electron chi connectivity index (χ3n) is 2.91. The molecular weight excluding hydrogens is 304 g/mol. The molecule has 124 valence electrons. The molecule has 9 heteroatoms. The Kier molecular flexibility index (Phi) is 6.53. The molecule has 1 unspecified atom stereocenters. The van der Waals surface area contributed by atoms with Crippen LogP contribution in [-0.2, 0) is 14.3 Å². The van der Waals surface area contributed by atoms with Gasteiger partial charge in [-0.3, -0.25) is 4.79 Å². The number of nitrogens with two attached hydrogens (primary N) is 1. The molecule has 0 radical (unpaired) electrons. The topological polar surface area (TPSA) is 143 Å². The van der Waals surface area contributed by atoms with Crippen molar-refractivity contribution >= 4 is 29.3 Å². The van der Waals surface area contributed by atoms with Crippen molar-refractivity contribution < 1.29 is 24.3 Å². The molecule has 1 aromatic rings. The minimum atomic E-state index is -1.17. The lowest BCUT2D eigenvalue weighted by Gasteiger charge is -2.15. The number of amides is 3. The minimum Gasteiger partial charge on any atom is -0.467 e. The van der Waals surface area contributed by atoms with E-state index in [0.717, 1.165) is 7.11 Å². The summed E-state index contributed by atoms with van der Waals surface area (Å²) in [5.41, 5.74) is 6.57. The molecule has 5 N–H and O–H groups in total. The van der Waals surface area contributed by atoms with E-state index in [1.54, 1.807) is 31.2 Å². The van der Waals surface area contributed by atoms with Gasteiger partial charge in [-0.25, -0.2) is 9.59 Å². The van der Waals surface area contributed by atoms with Crippen LogP contribution in [0.3, 0.4) is 0 Å². The fourth-order valence-corrected chi connectivity index (χ4v) is 1.71. The maximum atomic E-state index is 11.9. The number of esters is 1. The van der Waals surface area contributed by atoms with Gasteiger partial charge in [0.15, 0.2) is 0 Å². The second-order valence-electron chi connectivity index (χ2n) is 4.61. The summed E-state index contributed by atoms with van der Waals surface area (Å²) in [6, 6.07) is 4.61. The Bertz CT molecular complexity index is 612. The molecule has 0 heterocycles. The van der Waals surface area contributed by atoms with Crippen molar-refractivity contribution in [2.75, 3.05) is 12.4 Å². The predicted octanol–water partition coefficient (Wildman–Crippen LogP) is 0.423. The van der Waals surface area contributed by atoms with Gasteiger partial charge in [-0.2, -0.15) is 0 Å². The van der Waals surface area contributed by atoms with Gasteiger partial charge >= 0.3 is 12.0 Å². The Labute approximate surface area is 132 Å². The molecule has 0 aliphatic heterocycles. The van der Waals surface area contributed by atoms with Gasteiger partial charge in [0, 0.05) is 5.69 Å². The van der Waals surface area contributed by atoms with Crippen molar-refractivity contribution in [1.82, 2.24) is 5.32 Å². The number of rotatable bonds is 6. The van der Waals surface area contributed by atoms with Crippen LogP contribution in [-0.4, -0.2) is 42.0 Å². The number of oxime groups is 1. The third kappa shape index (κ3) is 5.65. The molecule has 1 aromatic carbocycles. The lowest BCUT2D eigenvalue weighted by Crippen LogP contribution is -2.45. The van der Waals surface area contributed by atoms with E-state index in [4.69, 9.17) is 10.9 Å². The highest BCUT2D eigenvalue weighted by atomic mass is 16.5. The molecule has 0 aliphatic carbocycles. The number of anilines is 1. The van der Waals surface area contributed by atoms with Crippen molar-refractivity contribution in [3.8, 4) is 0 Å². The Hall–Kier alpha value is -3.10. The quantitative estimate of drug-likeness (QED) is 0.260. The predicted molar refractivity (Wildman–Crippen MR) is 82.2 cm³/mol. The standard InChI is InChI=1S/C14H18N4O5/c1-8(18-22)9-3-5-10(6-4-9)16-14(21)17-11(7-12(15)19)13(20)23-2/h3-6,11,22H,7H2,1-2H3,(H2,15,19)(H2,16,17,21). The number of carbonyl (C=O) groups excluding carboxylic acids is 3. The number of urea groups is 1. The van der Waals surface area contributed by atoms with Crippen LogP contribution in [0.1, 0.15) is 18.9 Å². The first-order valence-electron chi connectivity index (χ1n) is 6.60. The Morgan fingerprint density at radius 1 is 1.30 bits per heavy atom. The van der Waals surface area contributed by atoms with Gasteiger partial charge in [0.25, 0.3) is 0 Å². The van der Waals surface area contributed by atoms with Crippen LogP contribution in [0.25, 0.3) is 0 Å². The lowest BCUT2D eigenvalue weighted by molar-refractivity contribution is -0.144. The summed E-state index contributed by atoms with van der Waals surface area (Å²) in [5, 5.41) is 16.5. The fourth-order valence-electron chi connectivity index (χ4n) is 1.71. The molecule has 0 aliphatic rings. The van der Waals surface area contributed by atoms with Crippen LogP contribution in [0.4, 0.5) is 10.5 Å². The largest absolute Gasteiger partial charge is 0.467 e. The van der Waals surface area contributed by atoms with E-state index in [9.17, 15) is 14.4 Å². The molecule has 1 atom stereocenters. The van der Waals surface area contributed by atoms with Gasteiger partial charge in [-0.1, -0.05) is 17.3 Å². The van der Waals surface area contributed by atoms with Crippen LogP contribution in [0.5, 0.6) is 0 Å².